The summed E-state index contributed by atoms with van der Waals surface area (Å²) < 4.78 is 19.2. The number of hydrogen-bond acceptors (Lipinski definition) is 3. The van der Waals surface area contributed by atoms with Gasteiger partial charge < -0.3 is 4.42 Å². The van der Waals surface area contributed by atoms with Gasteiger partial charge in [-0.2, -0.15) is 5.26 Å². The summed E-state index contributed by atoms with van der Waals surface area (Å²) in [5.41, 5.74) is 2.47. The van der Waals surface area contributed by atoms with Crippen LogP contribution in [0, 0.1) is 17.1 Å². The van der Waals surface area contributed by atoms with Crippen LogP contribution < -0.4 is 0 Å². The number of rotatable bonds is 2. The van der Waals surface area contributed by atoms with E-state index in [1.807, 2.05) is 6.07 Å². The number of benzene rings is 2. The molecule has 0 aliphatic heterocycles. The number of aromatic nitrogens is 1. The van der Waals surface area contributed by atoms with Gasteiger partial charge in [-0.3, -0.25) is 0 Å². The van der Waals surface area contributed by atoms with Crippen LogP contribution in [-0.4, -0.2) is 4.98 Å². The predicted molar refractivity (Wildman–Crippen MR) is 72.0 cm³/mol. The first-order valence-electron chi connectivity index (χ1n) is 5.97. The van der Waals surface area contributed by atoms with Gasteiger partial charge in [0, 0.05) is 11.1 Å². The maximum absolute atomic E-state index is 14.0. The van der Waals surface area contributed by atoms with Gasteiger partial charge in [0.1, 0.15) is 5.82 Å². The van der Waals surface area contributed by atoms with E-state index < -0.39 is 0 Å². The summed E-state index contributed by atoms with van der Waals surface area (Å²) in [4.78, 5) is 3.85. The summed E-state index contributed by atoms with van der Waals surface area (Å²) in [6.45, 7) is 0. The lowest BCUT2D eigenvalue weighted by atomic mass is 10.0. The largest absolute Gasteiger partial charge is 0.444 e. The van der Waals surface area contributed by atoms with E-state index in [-0.39, 0.29) is 5.82 Å². The molecular formula is C16H9FN2O. The molecule has 0 radical (unpaired) electrons. The van der Waals surface area contributed by atoms with Gasteiger partial charge in [0.2, 0.25) is 0 Å². The Bertz CT molecular complexity index is 771. The van der Waals surface area contributed by atoms with Crippen molar-refractivity contribution in [2.24, 2.45) is 0 Å². The summed E-state index contributed by atoms with van der Waals surface area (Å²) in [6.07, 6.45) is 2.91. The topological polar surface area (TPSA) is 49.8 Å². The first-order valence-corrected chi connectivity index (χ1v) is 5.97. The maximum atomic E-state index is 14.0. The van der Waals surface area contributed by atoms with E-state index in [0.29, 0.717) is 22.5 Å². The molecule has 20 heavy (non-hydrogen) atoms. The van der Waals surface area contributed by atoms with Crippen molar-refractivity contribution in [3.63, 3.8) is 0 Å². The minimum absolute atomic E-state index is 0.321. The molecular weight excluding hydrogens is 255 g/mol. The SMILES string of the molecule is N#Cc1ccc(-c2cc(-c3cnco3)ccc2F)cc1. The fourth-order valence-corrected chi connectivity index (χ4v) is 1.98. The standard InChI is InChI=1S/C16H9FN2O/c17-15-6-5-13(16-9-19-10-20-16)7-14(15)12-3-1-11(8-18)2-4-12/h1-7,9-10H. The smallest absolute Gasteiger partial charge is 0.181 e. The van der Waals surface area contributed by atoms with Gasteiger partial charge in [0.25, 0.3) is 0 Å². The zero-order valence-corrected chi connectivity index (χ0v) is 10.4. The molecule has 96 valence electrons. The van der Waals surface area contributed by atoms with Gasteiger partial charge in [-0.25, -0.2) is 9.37 Å². The Morgan fingerprint density at radius 2 is 1.80 bits per heavy atom. The molecule has 0 saturated carbocycles. The summed E-state index contributed by atoms with van der Waals surface area (Å²) in [5, 5.41) is 8.78. The number of nitrogens with zero attached hydrogens (tertiary/aromatic N) is 2. The zero-order chi connectivity index (χ0) is 13.9. The molecule has 0 bridgehead atoms. The molecule has 1 heterocycles. The average molecular weight is 264 g/mol. The summed E-state index contributed by atoms with van der Waals surface area (Å²) in [6, 6.07) is 13.6. The van der Waals surface area contributed by atoms with Gasteiger partial charge in [0.05, 0.1) is 17.8 Å². The second-order valence-corrected chi connectivity index (χ2v) is 4.25. The van der Waals surface area contributed by atoms with Crippen molar-refractivity contribution < 1.29 is 8.81 Å². The summed E-state index contributed by atoms with van der Waals surface area (Å²) in [7, 11) is 0. The van der Waals surface area contributed by atoms with E-state index in [2.05, 4.69) is 4.98 Å². The van der Waals surface area contributed by atoms with Crippen molar-refractivity contribution >= 4 is 0 Å². The highest BCUT2D eigenvalue weighted by atomic mass is 19.1. The molecule has 0 atom stereocenters. The van der Waals surface area contributed by atoms with Crippen LogP contribution in [0.3, 0.4) is 0 Å². The zero-order valence-electron chi connectivity index (χ0n) is 10.4. The molecule has 0 aliphatic carbocycles. The van der Waals surface area contributed by atoms with Crippen molar-refractivity contribution in [1.82, 2.24) is 4.98 Å². The number of halogens is 1. The normalized spacial score (nSPS) is 10.2. The fourth-order valence-electron chi connectivity index (χ4n) is 1.98. The van der Waals surface area contributed by atoms with Crippen molar-refractivity contribution in [1.29, 1.82) is 5.26 Å². The molecule has 1 aromatic heterocycles. The molecule has 0 aliphatic rings. The van der Waals surface area contributed by atoms with Gasteiger partial charge in [-0.15, -0.1) is 0 Å². The molecule has 3 aromatic rings. The first-order chi connectivity index (χ1) is 9.78. The Kier molecular flexibility index (Phi) is 3.02. The van der Waals surface area contributed by atoms with E-state index in [0.717, 1.165) is 5.56 Å². The minimum Gasteiger partial charge on any atom is -0.444 e. The van der Waals surface area contributed by atoms with Crippen LogP contribution in [0.1, 0.15) is 5.56 Å². The van der Waals surface area contributed by atoms with E-state index in [9.17, 15) is 4.39 Å². The van der Waals surface area contributed by atoms with Gasteiger partial charge in [0.15, 0.2) is 12.2 Å². The molecule has 0 saturated heterocycles. The molecule has 3 nitrogen and oxygen atoms in total. The summed E-state index contributed by atoms with van der Waals surface area (Å²) in [5.74, 6) is 0.262. The van der Waals surface area contributed by atoms with Crippen LogP contribution in [-0.2, 0) is 0 Å². The molecule has 0 amide bonds. The Hall–Kier alpha value is -2.93. The number of oxazole rings is 1. The molecule has 0 unspecified atom stereocenters. The molecule has 2 aromatic carbocycles. The average Bonchev–Trinajstić information content (AvgIpc) is 3.02. The third-order valence-corrected chi connectivity index (χ3v) is 3.01. The number of nitriles is 1. The van der Waals surface area contributed by atoms with E-state index in [1.54, 1.807) is 42.6 Å². The molecule has 0 N–H and O–H groups in total. The maximum Gasteiger partial charge on any atom is 0.181 e. The Labute approximate surface area is 114 Å². The second kappa shape index (κ2) is 4.98. The minimum atomic E-state index is -0.321. The predicted octanol–water partition coefficient (Wildman–Crippen LogP) is 4.02. The van der Waals surface area contributed by atoms with E-state index in [1.165, 1.54) is 12.5 Å². The fraction of sp³-hybridized carbons (Fsp3) is 0. The van der Waals surface area contributed by atoms with Crippen LogP contribution in [0.25, 0.3) is 22.5 Å². The lowest BCUT2D eigenvalue weighted by Gasteiger charge is -2.05. The lowest BCUT2D eigenvalue weighted by Crippen LogP contribution is -1.86. The third kappa shape index (κ3) is 2.17. The van der Waals surface area contributed by atoms with Gasteiger partial charge in [-0.1, -0.05) is 12.1 Å². The van der Waals surface area contributed by atoms with Crippen molar-refractivity contribution in [2.75, 3.05) is 0 Å². The van der Waals surface area contributed by atoms with Crippen molar-refractivity contribution in [3.8, 4) is 28.5 Å². The first kappa shape index (κ1) is 12.1. The molecule has 4 heteroatoms. The van der Waals surface area contributed by atoms with Gasteiger partial charge in [-0.05, 0) is 35.9 Å². The summed E-state index contributed by atoms with van der Waals surface area (Å²) >= 11 is 0. The van der Waals surface area contributed by atoms with Crippen molar-refractivity contribution in [3.05, 3.63) is 66.4 Å². The monoisotopic (exact) mass is 264 g/mol. The Morgan fingerprint density at radius 1 is 1.05 bits per heavy atom. The van der Waals surface area contributed by atoms with Crippen LogP contribution in [0.2, 0.25) is 0 Å². The Morgan fingerprint density at radius 3 is 2.45 bits per heavy atom. The lowest BCUT2D eigenvalue weighted by molar-refractivity contribution is 0.571. The van der Waals surface area contributed by atoms with Crippen LogP contribution in [0.5, 0.6) is 0 Å². The highest BCUT2D eigenvalue weighted by Gasteiger charge is 2.09. The van der Waals surface area contributed by atoms with Crippen LogP contribution in [0.15, 0.2) is 59.5 Å². The van der Waals surface area contributed by atoms with Crippen LogP contribution in [0.4, 0.5) is 4.39 Å². The molecule has 0 fully saturated rings. The number of hydrogen-bond donors (Lipinski definition) is 0. The van der Waals surface area contributed by atoms with Crippen LogP contribution >= 0.6 is 0 Å². The third-order valence-electron chi connectivity index (χ3n) is 3.01. The highest BCUT2D eigenvalue weighted by molar-refractivity contribution is 5.71. The quantitative estimate of drug-likeness (QED) is 0.702. The Balaban J connectivity index is 2.08. The van der Waals surface area contributed by atoms with E-state index >= 15 is 0 Å². The van der Waals surface area contributed by atoms with E-state index in [4.69, 9.17) is 9.68 Å². The highest BCUT2D eigenvalue weighted by Crippen LogP contribution is 2.28. The van der Waals surface area contributed by atoms with Crippen molar-refractivity contribution in [2.45, 2.75) is 0 Å². The molecule has 0 spiro atoms. The van der Waals surface area contributed by atoms with Gasteiger partial charge >= 0.3 is 0 Å². The molecule has 3 rings (SSSR count). The second-order valence-electron chi connectivity index (χ2n) is 4.25.